The first-order valence-electron chi connectivity index (χ1n) is 6.89. The molecule has 94 valence electrons. The van der Waals surface area contributed by atoms with E-state index in [0.29, 0.717) is 0 Å². The molecular formula is C13H26N2O. The van der Waals surface area contributed by atoms with Gasteiger partial charge in [-0.1, -0.05) is 6.92 Å². The maximum absolute atomic E-state index is 5.39. The predicted molar refractivity (Wildman–Crippen MR) is 66.6 cm³/mol. The standard InChI is InChI=1S/C13H26N2O/c1-2-15-6-3-4-12(10-15)8-14-9-13-5-7-16-11-13/h12-14H,2-11H2,1H3. The van der Waals surface area contributed by atoms with Crippen molar-refractivity contribution in [3.8, 4) is 0 Å². The number of nitrogens with one attached hydrogen (secondary N) is 1. The molecule has 2 heterocycles. The van der Waals surface area contributed by atoms with Crippen LogP contribution in [0.15, 0.2) is 0 Å². The molecule has 0 radical (unpaired) electrons. The topological polar surface area (TPSA) is 24.5 Å². The highest BCUT2D eigenvalue weighted by molar-refractivity contribution is 4.75. The van der Waals surface area contributed by atoms with E-state index in [1.54, 1.807) is 0 Å². The number of piperidine rings is 1. The van der Waals surface area contributed by atoms with Crippen LogP contribution in [0.4, 0.5) is 0 Å². The Bertz CT molecular complexity index is 192. The van der Waals surface area contributed by atoms with Crippen LogP contribution in [0.1, 0.15) is 26.2 Å². The summed E-state index contributed by atoms with van der Waals surface area (Å²) in [6.45, 7) is 10.4. The summed E-state index contributed by atoms with van der Waals surface area (Å²) >= 11 is 0. The van der Waals surface area contributed by atoms with Gasteiger partial charge in [-0.2, -0.15) is 0 Å². The Morgan fingerprint density at radius 2 is 2.12 bits per heavy atom. The van der Waals surface area contributed by atoms with Crippen LogP contribution in [-0.2, 0) is 4.74 Å². The first-order chi connectivity index (χ1) is 7.88. The van der Waals surface area contributed by atoms with Gasteiger partial charge in [0.25, 0.3) is 0 Å². The Morgan fingerprint density at radius 1 is 1.25 bits per heavy atom. The van der Waals surface area contributed by atoms with E-state index in [0.717, 1.165) is 31.6 Å². The Hall–Kier alpha value is -0.120. The Labute approximate surface area is 99.5 Å². The van der Waals surface area contributed by atoms with Crippen molar-refractivity contribution in [3.63, 3.8) is 0 Å². The normalized spacial score (nSPS) is 32.1. The molecule has 3 heteroatoms. The van der Waals surface area contributed by atoms with Crippen LogP contribution < -0.4 is 5.32 Å². The van der Waals surface area contributed by atoms with Crippen LogP contribution in [0.5, 0.6) is 0 Å². The molecular weight excluding hydrogens is 200 g/mol. The Morgan fingerprint density at radius 3 is 2.88 bits per heavy atom. The summed E-state index contributed by atoms with van der Waals surface area (Å²) in [7, 11) is 0. The van der Waals surface area contributed by atoms with Crippen LogP contribution in [0.2, 0.25) is 0 Å². The molecule has 2 aliphatic heterocycles. The fraction of sp³-hybridized carbons (Fsp3) is 1.00. The summed E-state index contributed by atoms with van der Waals surface area (Å²) in [5.74, 6) is 1.64. The lowest BCUT2D eigenvalue weighted by atomic mass is 9.98. The number of hydrogen-bond donors (Lipinski definition) is 1. The van der Waals surface area contributed by atoms with Crippen molar-refractivity contribution in [1.29, 1.82) is 0 Å². The lowest BCUT2D eigenvalue weighted by Gasteiger charge is -2.32. The fourth-order valence-electron chi connectivity index (χ4n) is 2.84. The Balaban J connectivity index is 1.58. The fourth-order valence-corrected chi connectivity index (χ4v) is 2.84. The maximum Gasteiger partial charge on any atom is 0.0507 e. The molecule has 2 rings (SSSR count). The third-order valence-electron chi connectivity index (χ3n) is 3.94. The molecule has 0 amide bonds. The van der Waals surface area contributed by atoms with Gasteiger partial charge < -0.3 is 15.0 Å². The molecule has 0 aromatic rings. The highest BCUT2D eigenvalue weighted by Crippen LogP contribution is 2.16. The Kier molecular flexibility index (Phi) is 5.07. The largest absolute Gasteiger partial charge is 0.381 e. The van der Waals surface area contributed by atoms with Crippen LogP contribution >= 0.6 is 0 Å². The van der Waals surface area contributed by atoms with Crippen molar-refractivity contribution in [2.45, 2.75) is 26.2 Å². The zero-order chi connectivity index (χ0) is 11.2. The molecule has 2 unspecified atom stereocenters. The van der Waals surface area contributed by atoms with E-state index in [2.05, 4.69) is 17.1 Å². The van der Waals surface area contributed by atoms with Gasteiger partial charge in [0.1, 0.15) is 0 Å². The molecule has 2 fully saturated rings. The second-order valence-electron chi connectivity index (χ2n) is 5.29. The van der Waals surface area contributed by atoms with Gasteiger partial charge in [-0.15, -0.1) is 0 Å². The van der Waals surface area contributed by atoms with Gasteiger partial charge in [0.2, 0.25) is 0 Å². The highest BCUT2D eigenvalue weighted by Gasteiger charge is 2.19. The van der Waals surface area contributed by atoms with Gasteiger partial charge >= 0.3 is 0 Å². The molecule has 0 aromatic heterocycles. The van der Waals surface area contributed by atoms with Crippen LogP contribution in [0.3, 0.4) is 0 Å². The monoisotopic (exact) mass is 226 g/mol. The number of hydrogen-bond acceptors (Lipinski definition) is 3. The van der Waals surface area contributed by atoms with E-state index in [1.807, 2.05) is 0 Å². The molecule has 1 N–H and O–H groups in total. The summed E-state index contributed by atoms with van der Waals surface area (Å²) in [5, 5.41) is 3.64. The molecule has 0 saturated carbocycles. The van der Waals surface area contributed by atoms with E-state index < -0.39 is 0 Å². The molecule has 0 bridgehead atoms. The zero-order valence-electron chi connectivity index (χ0n) is 10.6. The minimum atomic E-state index is 0.769. The summed E-state index contributed by atoms with van der Waals surface area (Å²) in [6, 6.07) is 0. The molecule has 0 spiro atoms. The van der Waals surface area contributed by atoms with Crippen molar-refractivity contribution in [2.24, 2.45) is 11.8 Å². The SMILES string of the molecule is CCN1CCCC(CNCC2CCOC2)C1. The number of ether oxygens (including phenoxy) is 1. The first-order valence-corrected chi connectivity index (χ1v) is 6.89. The smallest absolute Gasteiger partial charge is 0.0507 e. The first kappa shape index (κ1) is 12.3. The van der Waals surface area contributed by atoms with Crippen molar-refractivity contribution in [3.05, 3.63) is 0 Å². The maximum atomic E-state index is 5.39. The van der Waals surface area contributed by atoms with Crippen molar-refractivity contribution < 1.29 is 4.74 Å². The van der Waals surface area contributed by atoms with Gasteiger partial charge in [-0.25, -0.2) is 0 Å². The number of rotatable bonds is 5. The van der Waals surface area contributed by atoms with E-state index >= 15 is 0 Å². The predicted octanol–water partition coefficient (Wildman–Crippen LogP) is 1.34. The zero-order valence-corrected chi connectivity index (χ0v) is 10.6. The molecule has 16 heavy (non-hydrogen) atoms. The molecule has 2 saturated heterocycles. The molecule has 3 nitrogen and oxygen atoms in total. The molecule has 0 aromatic carbocycles. The minimum Gasteiger partial charge on any atom is -0.381 e. The van der Waals surface area contributed by atoms with Crippen LogP contribution in [0.25, 0.3) is 0 Å². The highest BCUT2D eigenvalue weighted by atomic mass is 16.5. The van der Waals surface area contributed by atoms with Crippen molar-refractivity contribution >= 4 is 0 Å². The number of nitrogens with zero attached hydrogens (tertiary/aromatic N) is 1. The van der Waals surface area contributed by atoms with Gasteiger partial charge in [0.15, 0.2) is 0 Å². The van der Waals surface area contributed by atoms with E-state index in [4.69, 9.17) is 4.74 Å². The van der Waals surface area contributed by atoms with E-state index in [9.17, 15) is 0 Å². The lowest BCUT2D eigenvalue weighted by Crippen LogP contribution is -2.40. The average Bonchev–Trinajstić information content (AvgIpc) is 2.82. The lowest BCUT2D eigenvalue weighted by molar-refractivity contribution is 0.173. The summed E-state index contributed by atoms with van der Waals surface area (Å²) in [5.41, 5.74) is 0. The van der Waals surface area contributed by atoms with Gasteiger partial charge in [-0.3, -0.25) is 0 Å². The van der Waals surface area contributed by atoms with Gasteiger partial charge in [-0.05, 0) is 50.7 Å². The minimum absolute atomic E-state index is 0.769. The van der Waals surface area contributed by atoms with Crippen LogP contribution in [0, 0.1) is 11.8 Å². The third kappa shape index (κ3) is 3.72. The van der Waals surface area contributed by atoms with Gasteiger partial charge in [0.05, 0.1) is 6.61 Å². The summed E-state index contributed by atoms with van der Waals surface area (Å²) < 4.78 is 5.39. The summed E-state index contributed by atoms with van der Waals surface area (Å²) in [6.07, 6.45) is 4.04. The van der Waals surface area contributed by atoms with Crippen molar-refractivity contribution in [1.82, 2.24) is 10.2 Å². The second-order valence-corrected chi connectivity index (χ2v) is 5.29. The van der Waals surface area contributed by atoms with E-state index in [1.165, 1.54) is 45.4 Å². The quantitative estimate of drug-likeness (QED) is 0.766. The van der Waals surface area contributed by atoms with Crippen molar-refractivity contribution in [2.75, 3.05) is 45.9 Å². The molecule has 0 aliphatic carbocycles. The van der Waals surface area contributed by atoms with Gasteiger partial charge in [0, 0.05) is 19.7 Å². The molecule has 2 aliphatic rings. The molecule has 2 atom stereocenters. The third-order valence-corrected chi connectivity index (χ3v) is 3.94. The number of likely N-dealkylation sites (tertiary alicyclic amines) is 1. The van der Waals surface area contributed by atoms with E-state index in [-0.39, 0.29) is 0 Å². The second kappa shape index (κ2) is 6.58. The summed E-state index contributed by atoms with van der Waals surface area (Å²) in [4.78, 5) is 2.58. The van der Waals surface area contributed by atoms with Crippen LogP contribution in [-0.4, -0.2) is 50.8 Å². The average molecular weight is 226 g/mol.